The second-order valence-electron chi connectivity index (χ2n) is 7.27. The van der Waals surface area contributed by atoms with Crippen molar-refractivity contribution in [3.63, 3.8) is 0 Å². The average Bonchev–Trinajstić information content (AvgIpc) is 2.66. The van der Waals surface area contributed by atoms with Crippen LogP contribution in [-0.2, 0) is 24.0 Å². The molecule has 0 aliphatic carbocycles. The first-order valence-corrected chi connectivity index (χ1v) is 9.67. The summed E-state index contributed by atoms with van der Waals surface area (Å²) in [5.74, 6) is -4.61. The van der Waals surface area contributed by atoms with Gasteiger partial charge in [-0.2, -0.15) is 0 Å². The van der Waals surface area contributed by atoms with E-state index in [9.17, 15) is 29.1 Å². The molecule has 172 valence electrons. The normalized spacial score (nSPS) is 16.9. The van der Waals surface area contributed by atoms with Crippen molar-refractivity contribution < 1.29 is 34.2 Å². The highest BCUT2D eigenvalue weighted by Gasteiger charge is 2.32. The number of nitrogens with one attached hydrogen (secondary N) is 3. The Hall–Kier alpha value is -2.73. The van der Waals surface area contributed by atoms with E-state index in [1.165, 1.54) is 13.8 Å². The second kappa shape index (κ2) is 12.8. The first-order valence-electron chi connectivity index (χ1n) is 9.67. The van der Waals surface area contributed by atoms with Gasteiger partial charge in [0.1, 0.15) is 24.2 Å². The van der Waals surface area contributed by atoms with Gasteiger partial charge in [0.25, 0.3) is 0 Å². The van der Waals surface area contributed by atoms with Crippen LogP contribution in [0.25, 0.3) is 0 Å². The van der Waals surface area contributed by atoms with Gasteiger partial charge in [0.2, 0.25) is 23.6 Å². The number of primary amides is 1. The Bertz CT molecular complexity index is 640. The summed E-state index contributed by atoms with van der Waals surface area (Å²) in [6.07, 6.45) is -1.03. The summed E-state index contributed by atoms with van der Waals surface area (Å²) in [6, 6.07) is -4.80. The van der Waals surface area contributed by atoms with E-state index in [0.717, 1.165) is 0 Å². The van der Waals surface area contributed by atoms with E-state index in [-0.39, 0.29) is 18.8 Å². The van der Waals surface area contributed by atoms with Crippen LogP contribution in [0.1, 0.15) is 47.0 Å². The highest BCUT2D eigenvalue weighted by atomic mass is 16.4. The standard InChI is InChI=1S/C18H33N5O7/c1-5-8(2)14(23-16(27)13(20)10(4)24)17(28)22-11(6-7-12(19)25)15(26)21-9(3)18(29)30/h8-11,13-14,24H,5-7,20H2,1-4H3,(H2,19,25)(H,21,26)(H,22,28)(H,23,27)(H,29,30). The summed E-state index contributed by atoms with van der Waals surface area (Å²) in [4.78, 5) is 59.5. The lowest BCUT2D eigenvalue weighted by atomic mass is 9.97. The molecule has 9 N–H and O–H groups in total. The molecule has 0 saturated carbocycles. The maximum absolute atomic E-state index is 12.8. The van der Waals surface area contributed by atoms with Gasteiger partial charge in [0.15, 0.2) is 0 Å². The van der Waals surface area contributed by atoms with Gasteiger partial charge in [-0.3, -0.25) is 24.0 Å². The third kappa shape index (κ3) is 9.18. The minimum absolute atomic E-state index is 0.159. The van der Waals surface area contributed by atoms with Crippen LogP contribution in [0.2, 0.25) is 0 Å². The molecular formula is C18H33N5O7. The van der Waals surface area contributed by atoms with Crippen molar-refractivity contribution in [1.82, 2.24) is 16.0 Å². The van der Waals surface area contributed by atoms with Crippen LogP contribution in [0, 0.1) is 5.92 Å². The Balaban J connectivity index is 5.47. The van der Waals surface area contributed by atoms with Crippen LogP contribution in [0.15, 0.2) is 0 Å². The number of hydrogen-bond acceptors (Lipinski definition) is 7. The molecule has 0 aliphatic rings. The highest BCUT2D eigenvalue weighted by molar-refractivity contribution is 5.94. The van der Waals surface area contributed by atoms with E-state index in [0.29, 0.717) is 6.42 Å². The minimum atomic E-state index is -1.28. The van der Waals surface area contributed by atoms with Crippen molar-refractivity contribution >= 4 is 29.6 Å². The Morgan fingerprint density at radius 1 is 0.933 bits per heavy atom. The Morgan fingerprint density at radius 3 is 1.93 bits per heavy atom. The molecule has 0 aromatic rings. The van der Waals surface area contributed by atoms with Gasteiger partial charge in [-0.15, -0.1) is 0 Å². The van der Waals surface area contributed by atoms with Gasteiger partial charge in [-0.25, -0.2) is 0 Å². The summed E-state index contributed by atoms with van der Waals surface area (Å²) in [5, 5.41) is 25.5. The highest BCUT2D eigenvalue weighted by Crippen LogP contribution is 2.10. The van der Waals surface area contributed by atoms with Crippen molar-refractivity contribution in [2.45, 2.75) is 77.2 Å². The summed E-state index contributed by atoms with van der Waals surface area (Å²) in [7, 11) is 0. The first kappa shape index (κ1) is 27.3. The van der Waals surface area contributed by atoms with Crippen molar-refractivity contribution in [3.05, 3.63) is 0 Å². The molecule has 30 heavy (non-hydrogen) atoms. The number of carboxylic acid groups (broad SMARTS) is 1. The average molecular weight is 431 g/mol. The molecule has 12 nitrogen and oxygen atoms in total. The van der Waals surface area contributed by atoms with Gasteiger partial charge in [0.05, 0.1) is 6.10 Å². The summed E-state index contributed by atoms with van der Waals surface area (Å²) < 4.78 is 0. The van der Waals surface area contributed by atoms with Crippen molar-refractivity contribution in [3.8, 4) is 0 Å². The summed E-state index contributed by atoms with van der Waals surface area (Å²) >= 11 is 0. The Labute approximate surface area is 175 Å². The van der Waals surface area contributed by atoms with Crippen LogP contribution in [0.5, 0.6) is 0 Å². The topological polar surface area (TPSA) is 214 Å². The van der Waals surface area contributed by atoms with E-state index in [1.807, 2.05) is 0 Å². The maximum Gasteiger partial charge on any atom is 0.325 e. The fourth-order valence-corrected chi connectivity index (χ4v) is 2.36. The molecule has 0 aromatic carbocycles. The Morgan fingerprint density at radius 2 is 1.50 bits per heavy atom. The van der Waals surface area contributed by atoms with Crippen LogP contribution < -0.4 is 27.4 Å². The van der Waals surface area contributed by atoms with Gasteiger partial charge in [-0.1, -0.05) is 20.3 Å². The van der Waals surface area contributed by atoms with E-state index >= 15 is 0 Å². The Kier molecular flexibility index (Phi) is 11.6. The van der Waals surface area contributed by atoms with Crippen molar-refractivity contribution in [1.29, 1.82) is 0 Å². The van der Waals surface area contributed by atoms with E-state index in [1.54, 1.807) is 13.8 Å². The number of aliphatic hydroxyl groups excluding tert-OH is 1. The number of amides is 4. The van der Waals surface area contributed by atoms with Gasteiger partial charge in [-0.05, 0) is 26.2 Å². The molecule has 6 unspecified atom stereocenters. The molecule has 0 fully saturated rings. The largest absolute Gasteiger partial charge is 0.480 e. The van der Waals surface area contributed by atoms with Gasteiger partial charge >= 0.3 is 5.97 Å². The quantitative estimate of drug-likeness (QED) is 0.166. The fourth-order valence-electron chi connectivity index (χ4n) is 2.36. The van der Waals surface area contributed by atoms with Gasteiger partial charge < -0.3 is 37.6 Å². The van der Waals surface area contributed by atoms with Crippen LogP contribution in [0.4, 0.5) is 0 Å². The molecule has 12 heteroatoms. The summed E-state index contributed by atoms with van der Waals surface area (Å²) in [5.41, 5.74) is 10.7. The van der Waals surface area contributed by atoms with E-state index < -0.39 is 59.9 Å². The molecule has 0 radical (unpaired) electrons. The minimum Gasteiger partial charge on any atom is -0.480 e. The molecule has 0 saturated heterocycles. The van der Waals surface area contributed by atoms with E-state index in [4.69, 9.17) is 16.6 Å². The molecular weight excluding hydrogens is 398 g/mol. The number of aliphatic carboxylic acids is 1. The molecule has 0 aromatic heterocycles. The van der Waals surface area contributed by atoms with Crippen molar-refractivity contribution in [2.24, 2.45) is 17.4 Å². The third-order valence-corrected chi connectivity index (χ3v) is 4.66. The van der Waals surface area contributed by atoms with Gasteiger partial charge in [0, 0.05) is 6.42 Å². The number of rotatable bonds is 13. The zero-order valence-electron chi connectivity index (χ0n) is 17.7. The molecule has 0 aliphatic heterocycles. The number of carboxylic acids is 1. The lowest BCUT2D eigenvalue weighted by Crippen LogP contribution is -2.59. The molecule has 0 rings (SSSR count). The fraction of sp³-hybridized carbons (Fsp3) is 0.722. The monoisotopic (exact) mass is 431 g/mol. The number of hydrogen-bond donors (Lipinski definition) is 7. The summed E-state index contributed by atoms with van der Waals surface area (Å²) in [6.45, 7) is 6.06. The lowest BCUT2D eigenvalue weighted by molar-refractivity contribution is -0.142. The number of aliphatic hydroxyl groups is 1. The molecule has 6 atom stereocenters. The number of nitrogens with two attached hydrogens (primary N) is 2. The predicted molar refractivity (Wildman–Crippen MR) is 107 cm³/mol. The second-order valence-corrected chi connectivity index (χ2v) is 7.27. The van der Waals surface area contributed by atoms with Crippen LogP contribution in [-0.4, -0.2) is 70.1 Å². The zero-order chi connectivity index (χ0) is 23.6. The van der Waals surface area contributed by atoms with Crippen molar-refractivity contribution in [2.75, 3.05) is 0 Å². The first-order chi connectivity index (χ1) is 13.8. The molecule has 4 amide bonds. The SMILES string of the molecule is CCC(C)C(NC(=O)C(N)C(C)O)C(=O)NC(CCC(N)=O)C(=O)NC(C)C(=O)O. The maximum atomic E-state index is 12.8. The number of carbonyl (C=O) groups excluding carboxylic acids is 4. The molecule has 0 spiro atoms. The predicted octanol–water partition coefficient (Wildman–Crippen LogP) is -2.43. The lowest BCUT2D eigenvalue weighted by Gasteiger charge is -2.28. The number of carbonyl (C=O) groups is 5. The smallest absolute Gasteiger partial charge is 0.325 e. The zero-order valence-corrected chi connectivity index (χ0v) is 17.7. The van der Waals surface area contributed by atoms with Crippen LogP contribution >= 0.6 is 0 Å². The third-order valence-electron chi connectivity index (χ3n) is 4.66. The van der Waals surface area contributed by atoms with Crippen LogP contribution in [0.3, 0.4) is 0 Å². The molecule has 0 bridgehead atoms. The molecule has 0 heterocycles. The van der Waals surface area contributed by atoms with E-state index in [2.05, 4.69) is 16.0 Å².